The van der Waals surface area contributed by atoms with E-state index in [1.165, 1.54) is 0 Å². The summed E-state index contributed by atoms with van der Waals surface area (Å²) in [6, 6.07) is 4.07. The van der Waals surface area contributed by atoms with Gasteiger partial charge in [0.15, 0.2) is 5.69 Å². The van der Waals surface area contributed by atoms with Crippen molar-refractivity contribution < 1.29 is 42.5 Å². The van der Waals surface area contributed by atoms with E-state index in [0.717, 1.165) is 11.0 Å². The number of benzene rings is 1. The van der Waals surface area contributed by atoms with Crippen LogP contribution in [0.15, 0.2) is 36.4 Å². The summed E-state index contributed by atoms with van der Waals surface area (Å²) in [6.45, 7) is 3.03. The Kier molecular flexibility index (Phi) is 7.58. The molecule has 5 unspecified atom stereocenters. The molecule has 0 radical (unpaired) electrons. The van der Waals surface area contributed by atoms with Crippen molar-refractivity contribution in [3.05, 3.63) is 42.1 Å². The number of hydrogen-bond donors (Lipinski definition) is 2. The highest BCUT2D eigenvalue weighted by Gasteiger charge is 2.46. The van der Waals surface area contributed by atoms with Crippen molar-refractivity contribution in [1.82, 2.24) is 20.2 Å². The molecule has 11 nitrogen and oxygen atoms in total. The lowest BCUT2D eigenvalue weighted by Crippen LogP contribution is -2.55. The Labute approximate surface area is 228 Å². The minimum Gasteiger partial charge on any atom is -0.480 e. The zero-order valence-corrected chi connectivity index (χ0v) is 22.0. The lowest BCUT2D eigenvalue weighted by Gasteiger charge is -2.36. The molecule has 2 bridgehead atoms. The molecular weight excluding hydrogens is 530 g/mol. The molecule has 214 valence electrons. The Morgan fingerprint density at radius 2 is 1.82 bits per heavy atom. The van der Waals surface area contributed by atoms with E-state index >= 15 is 8.78 Å². The van der Waals surface area contributed by atoms with E-state index in [9.17, 15) is 19.5 Å². The molecule has 2 fully saturated rings. The summed E-state index contributed by atoms with van der Waals surface area (Å²) in [4.78, 5) is 47.8. The van der Waals surface area contributed by atoms with Crippen molar-refractivity contribution in [2.45, 2.75) is 69.4 Å². The number of alkyl carbamates (subject to hydrolysis) is 1. The standard InChI is InChI=1S/C27H30F2N4O7/c1-14(2)21-24(34)33-13-15(12-18(33)25(35)36)39-23-22(30-16-6-3-4-7-17(16)31-23)27(28,29)10-5-11-38-19-8-9-20(19)40-26(37)32-21/h3-7,10,14-15,18-21H,8-9,11-13H2,1-2H3,(H,32,37)(H,35,36). The van der Waals surface area contributed by atoms with Crippen LogP contribution in [0.4, 0.5) is 13.6 Å². The first-order chi connectivity index (χ1) is 19.0. The molecule has 2 aliphatic heterocycles. The average molecular weight is 561 g/mol. The van der Waals surface area contributed by atoms with E-state index in [-0.39, 0.29) is 25.1 Å². The number of rotatable bonds is 2. The fourth-order valence-electron chi connectivity index (χ4n) is 5.01. The molecule has 1 aliphatic carbocycles. The smallest absolute Gasteiger partial charge is 0.408 e. The number of carbonyl (C=O) groups excluding carboxylic acids is 2. The number of allylic oxidation sites excluding steroid dienone is 1. The van der Waals surface area contributed by atoms with Crippen LogP contribution in [0.3, 0.4) is 0 Å². The summed E-state index contributed by atoms with van der Waals surface area (Å²) >= 11 is 0. The van der Waals surface area contributed by atoms with Gasteiger partial charge in [0.25, 0.3) is 0 Å². The van der Waals surface area contributed by atoms with Gasteiger partial charge in [-0.05, 0) is 37.0 Å². The van der Waals surface area contributed by atoms with Crippen molar-refractivity contribution in [1.29, 1.82) is 0 Å². The molecule has 2 N–H and O–H groups in total. The lowest BCUT2D eigenvalue weighted by molar-refractivity contribution is -0.149. The first-order valence-corrected chi connectivity index (χ1v) is 13.1. The Hall–Kier alpha value is -3.87. The van der Waals surface area contributed by atoms with Crippen molar-refractivity contribution in [3.8, 4) is 5.88 Å². The number of alkyl halides is 2. The number of para-hydroxylation sites is 2. The third-order valence-electron chi connectivity index (χ3n) is 7.31. The predicted molar refractivity (Wildman–Crippen MR) is 136 cm³/mol. The third-order valence-corrected chi connectivity index (χ3v) is 7.31. The molecule has 13 heteroatoms. The number of nitrogens with one attached hydrogen (secondary N) is 1. The number of hydrogen-bond acceptors (Lipinski definition) is 8. The van der Waals surface area contributed by atoms with E-state index in [0.29, 0.717) is 24.4 Å². The first-order valence-electron chi connectivity index (χ1n) is 13.1. The highest BCUT2D eigenvalue weighted by molar-refractivity contribution is 5.90. The van der Waals surface area contributed by atoms with Crippen LogP contribution >= 0.6 is 0 Å². The summed E-state index contributed by atoms with van der Waals surface area (Å²) in [5.41, 5.74) is -0.198. The maximum atomic E-state index is 15.5. The molecule has 40 heavy (non-hydrogen) atoms. The SMILES string of the molecule is CC(C)C1NC(=O)OC2CCC2OCC=CC(F)(F)c2nc3ccccc3nc2OC2CC(C(=O)O)N(C2)C1=O. The van der Waals surface area contributed by atoms with Gasteiger partial charge in [-0.1, -0.05) is 32.1 Å². The predicted octanol–water partition coefficient (Wildman–Crippen LogP) is 3.02. The zero-order valence-electron chi connectivity index (χ0n) is 22.0. The van der Waals surface area contributed by atoms with Crippen LogP contribution in [0.1, 0.15) is 38.8 Å². The Morgan fingerprint density at radius 1 is 1.12 bits per heavy atom. The molecule has 2 aromatic rings. The van der Waals surface area contributed by atoms with Crippen molar-refractivity contribution in [2.75, 3.05) is 13.2 Å². The van der Waals surface area contributed by atoms with Crippen molar-refractivity contribution >= 4 is 29.0 Å². The first kappa shape index (κ1) is 27.7. The van der Waals surface area contributed by atoms with Crippen LogP contribution in [0.5, 0.6) is 5.88 Å². The Balaban J connectivity index is 1.54. The van der Waals surface area contributed by atoms with E-state index in [1.807, 2.05) is 0 Å². The van der Waals surface area contributed by atoms with E-state index in [2.05, 4.69) is 15.3 Å². The number of ether oxygens (including phenoxy) is 3. The number of amides is 2. The van der Waals surface area contributed by atoms with E-state index in [1.54, 1.807) is 38.1 Å². The van der Waals surface area contributed by atoms with Crippen LogP contribution in [0, 0.1) is 5.92 Å². The molecule has 3 aliphatic rings. The van der Waals surface area contributed by atoms with Gasteiger partial charge in [0.05, 0.1) is 30.3 Å². The maximum absolute atomic E-state index is 15.5. The van der Waals surface area contributed by atoms with Gasteiger partial charge in [0, 0.05) is 6.42 Å². The maximum Gasteiger partial charge on any atom is 0.408 e. The van der Waals surface area contributed by atoms with Crippen LogP contribution in [0.25, 0.3) is 11.0 Å². The number of carbonyl (C=O) groups is 3. The summed E-state index contributed by atoms with van der Waals surface area (Å²) in [6.07, 6.45) is -0.218. The summed E-state index contributed by atoms with van der Waals surface area (Å²) in [5.74, 6) is -6.41. The number of nitrogens with zero attached hydrogens (tertiary/aromatic N) is 3. The number of carboxylic acids is 1. The summed E-state index contributed by atoms with van der Waals surface area (Å²) in [7, 11) is 0. The second kappa shape index (κ2) is 11.0. The molecular formula is C27H30F2N4O7. The molecule has 3 heterocycles. The number of aromatic nitrogens is 2. The fourth-order valence-corrected chi connectivity index (χ4v) is 5.01. The third kappa shape index (κ3) is 5.55. The molecule has 5 rings (SSSR count). The molecule has 2 amide bonds. The van der Waals surface area contributed by atoms with Gasteiger partial charge >= 0.3 is 18.0 Å². The fraction of sp³-hybridized carbons (Fsp3) is 0.519. The number of aliphatic carboxylic acids is 1. The van der Waals surface area contributed by atoms with Gasteiger partial charge < -0.3 is 29.5 Å². The van der Waals surface area contributed by atoms with Crippen LogP contribution in [-0.2, 0) is 25.0 Å². The number of fused-ring (bicyclic) bond motifs is 5. The van der Waals surface area contributed by atoms with Crippen molar-refractivity contribution in [2.24, 2.45) is 5.92 Å². The van der Waals surface area contributed by atoms with Gasteiger partial charge in [-0.25, -0.2) is 19.6 Å². The number of carboxylic acid groups (broad SMARTS) is 1. The lowest BCUT2D eigenvalue weighted by atomic mass is 9.92. The molecule has 1 saturated carbocycles. The summed E-state index contributed by atoms with van der Waals surface area (Å²) < 4.78 is 47.9. The second-order valence-corrected chi connectivity index (χ2v) is 10.5. The molecule has 1 aromatic carbocycles. The van der Waals surface area contributed by atoms with Gasteiger partial charge in [0.2, 0.25) is 11.8 Å². The van der Waals surface area contributed by atoms with Gasteiger partial charge in [0.1, 0.15) is 24.3 Å². The highest BCUT2D eigenvalue weighted by atomic mass is 19.3. The minimum atomic E-state index is -3.61. The molecule has 0 spiro atoms. The van der Waals surface area contributed by atoms with Gasteiger partial charge in [-0.2, -0.15) is 8.78 Å². The van der Waals surface area contributed by atoms with Crippen LogP contribution in [-0.4, -0.2) is 81.5 Å². The zero-order chi connectivity index (χ0) is 28.6. The van der Waals surface area contributed by atoms with Crippen molar-refractivity contribution in [3.63, 3.8) is 0 Å². The van der Waals surface area contributed by atoms with E-state index < -0.39 is 71.8 Å². The van der Waals surface area contributed by atoms with Gasteiger partial charge in [-0.15, -0.1) is 0 Å². The quantitative estimate of drug-likeness (QED) is 0.531. The Bertz CT molecular complexity index is 1340. The average Bonchev–Trinajstić information content (AvgIpc) is 3.32. The van der Waals surface area contributed by atoms with E-state index in [4.69, 9.17) is 14.2 Å². The monoisotopic (exact) mass is 560 g/mol. The number of halogens is 2. The second-order valence-electron chi connectivity index (χ2n) is 10.5. The van der Waals surface area contributed by atoms with Crippen LogP contribution in [0.2, 0.25) is 0 Å². The van der Waals surface area contributed by atoms with Crippen LogP contribution < -0.4 is 10.1 Å². The minimum absolute atomic E-state index is 0.163. The summed E-state index contributed by atoms with van der Waals surface area (Å²) in [5, 5.41) is 12.4. The van der Waals surface area contributed by atoms with Gasteiger partial charge in [-0.3, -0.25) is 4.79 Å². The topological polar surface area (TPSA) is 140 Å². The molecule has 1 aromatic heterocycles. The molecule has 5 atom stereocenters. The largest absolute Gasteiger partial charge is 0.480 e. The normalized spacial score (nSPS) is 28.8. The molecule has 1 saturated heterocycles. The highest BCUT2D eigenvalue weighted by Crippen LogP contribution is 2.37. The Morgan fingerprint density at radius 3 is 2.48 bits per heavy atom.